The molecule has 3 rings (SSSR count). The van der Waals surface area contributed by atoms with Crippen molar-refractivity contribution in [2.45, 2.75) is 20.0 Å². The van der Waals surface area contributed by atoms with Crippen LogP contribution in [-0.4, -0.2) is 4.57 Å². The van der Waals surface area contributed by atoms with Gasteiger partial charge in [0.25, 0.3) is 0 Å². The molecule has 0 amide bonds. The van der Waals surface area contributed by atoms with Gasteiger partial charge in [-0.05, 0) is 24.1 Å². The van der Waals surface area contributed by atoms with E-state index in [0.29, 0.717) is 6.54 Å². The highest BCUT2D eigenvalue weighted by Crippen LogP contribution is 2.22. The van der Waals surface area contributed by atoms with E-state index < -0.39 is 0 Å². The fourth-order valence-electron chi connectivity index (χ4n) is 2.62. The molecule has 0 saturated heterocycles. The summed E-state index contributed by atoms with van der Waals surface area (Å²) in [6.07, 6.45) is 2.17. The minimum Gasteiger partial charge on any atom is -0.343 e. The first-order chi connectivity index (χ1) is 9.28. The molecule has 0 spiro atoms. The van der Waals surface area contributed by atoms with Crippen LogP contribution in [0.2, 0.25) is 0 Å². The Morgan fingerprint density at radius 1 is 1.05 bits per heavy atom. The van der Waals surface area contributed by atoms with Crippen molar-refractivity contribution in [3.8, 4) is 0 Å². The molecule has 0 aliphatic rings. The van der Waals surface area contributed by atoms with Crippen molar-refractivity contribution in [2.75, 3.05) is 0 Å². The number of nitrogens with zero attached hydrogens (tertiary/aromatic N) is 1. The van der Waals surface area contributed by atoms with E-state index in [1.54, 1.807) is 0 Å². The van der Waals surface area contributed by atoms with Gasteiger partial charge in [-0.3, -0.25) is 0 Å². The van der Waals surface area contributed by atoms with Crippen molar-refractivity contribution in [1.82, 2.24) is 4.57 Å². The Morgan fingerprint density at radius 2 is 1.89 bits per heavy atom. The standard InChI is InChI=1S/C17H18N2/c1-13-5-4-6-14(9-13)11-19-12-15(10-18)16-7-2-3-8-17(16)19/h2-9,12H,10-11,18H2,1H3. The Kier molecular flexibility index (Phi) is 3.10. The largest absolute Gasteiger partial charge is 0.343 e. The Balaban J connectivity index is 2.06. The second-order valence-electron chi connectivity index (χ2n) is 4.99. The van der Waals surface area contributed by atoms with Gasteiger partial charge in [0.15, 0.2) is 0 Å². The lowest BCUT2D eigenvalue weighted by Gasteiger charge is -2.06. The normalized spacial score (nSPS) is 11.1. The average Bonchev–Trinajstić information content (AvgIpc) is 2.77. The highest BCUT2D eigenvalue weighted by molar-refractivity contribution is 5.84. The van der Waals surface area contributed by atoms with Gasteiger partial charge in [0.2, 0.25) is 0 Å². The molecule has 0 aliphatic heterocycles. The van der Waals surface area contributed by atoms with Crippen LogP contribution in [0.5, 0.6) is 0 Å². The van der Waals surface area contributed by atoms with Crippen molar-refractivity contribution < 1.29 is 0 Å². The molecule has 2 nitrogen and oxygen atoms in total. The molecule has 2 aromatic carbocycles. The summed E-state index contributed by atoms with van der Waals surface area (Å²) in [5.74, 6) is 0. The number of nitrogens with two attached hydrogens (primary N) is 1. The van der Waals surface area contributed by atoms with E-state index in [0.717, 1.165) is 6.54 Å². The second kappa shape index (κ2) is 4.90. The summed E-state index contributed by atoms with van der Waals surface area (Å²) < 4.78 is 2.28. The van der Waals surface area contributed by atoms with Crippen LogP contribution in [0.4, 0.5) is 0 Å². The predicted molar refractivity (Wildman–Crippen MR) is 80.1 cm³/mol. The predicted octanol–water partition coefficient (Wildman–Crippen LogP) is 3.46. The lowest BCUT2D eigenvalue weighted by molar-refractivity contribution is 0.828. The Bertz CT molecular complexity index is 710. The lowest BCUT2D eigenvalue weighted by atomic mass is 10.1. The summed E-state index contributed by atoms with van der Waals surface area (Å²) >= 11 is 0. The summed E-state index contributed by atoms with van der Waals surface area (Å²) in [4.78, 5) is 0. The molecule has 0 fully saturated rings. The highest BCUT2D eigenvalue weighted by atomic mass is 15.0. The fourth-order valence-corrected chi connectivity index (χ4v) is 2.62. The summed E-state index contributed by atoms with van der Waals surface area (Å²) in [5, 5.41) is 1.26. The first kappa shape index (κ1) is 12.0. The molecular weight excluding hydrogens is 232 g/mol. The third kappa shape index (κ3) is 2.27. The van der Waals surface area contributed by atoms with Crippen LogP contribution in [0.1, 0.15) is 16.7 Å². The number of hydrogen-bond donors (Lipinski definition) is 1. The molecule has 0 radical (unpaired) electrons. The molecule has 0 unspecified atom stereocenters. The molecule has 3 aromatic rings. The first-order valence-electron chi connectivity index (χ1n) is 6.60. The topological polar surface area (TPSA) is 30.9 Å². The van der Waals surface area contributed by atoms with E-state index in [9.17, 15) is 0 Å². The van der Waals surface area contributed by atoms with Gasteiger partial charge in [-0.15, -0.1) is 0 Å². The zero-order valence-electron chi connectivity index (χ0n) is 11.1. The smallest absolute Gasteiger partial charge is 0.0486 e. The van der Waals surface area contributed by atoms with Crippen LogP contribution in [0, 0.1) is 6.92 Å². The van der Waals surface area contributed by atoms with E-state index in [-0.39, 0.29) is 0 Å². The molecule has 0 atom stereocenters. The molecular formula is C17H18N2. The Hall–Kier alpha value is -2.06. The Labute approximate surface area is 113 Å². The SMILES string of the molecule is Cc1cccc(Cn2cc(CN)c3ccccc32)c1. The minimum absolute atomic E-state index is 0.585. The van der Waals surface area contributed by atoms with Gasteiger partial charge < -0.3 is 10.3 Å². The zero-order chi connectivity index (χ0) is 13.2. The van der Waals surface area contributed by atoms with Crippen LogP contribution in [-0.2, 0) is 13.1 Å². The molecule has 96 valence electrons. The average molecular weight is 250 g/mol. The monoisotopic (exact) mass is 250 g/mol. The molecule has 19 heavy (non-hydrogen) atoms. The molecule has 0 bridgehead atoms. The molecule has 2 heteroatoms. The van der Waals surface area contributed by atoms with Crippen LogP contribution < -0.4 is 5.73 Å². The maximum atomic E-state index is 5.83. The second-order valence-corrected chi connectivity index (χ2v) is 4.99. The van der Waals surface area contributed by atoms with Crippen LogP contribution in [0.3, 0.4) is 0 Å². The lowest BCUT2D eigenvalue weighted by Crippen LogP contribution is -1.98. The van der Waals surface area contributed by atoms with E-state index in [1.807, 2.05) is 0 Å². The van der Waals surface area contributed by atoms with E-state index >= 15 is 0 Å². The van der Waals surface area contributed by atoms with Crippen LogP contribution in [0.25, 0.3) is 10.9 Å². The zero-order valence-corrected chi connectivity index (χ0v) is 11.1. The van der Waals surface area contributed by atoms with Gasteiger partial charge >= 0.3 is 0 Å². The molecule has 1 aromatic heterocycles. The molecule has 0 saturated carbocycles. The van der Waals surface area contributed by atoms with E-state index in [4.69, 9.17) is 5.73 Å². The highest BCUT2D eigenvalue weighted by Gasteiger charge is 2.06. The van der Waals surface area contributed by atoms with Crippen LogP contribution in [0.15, 0.2) is 54.7 Å². The van der Waals surface area contributed by atoms with Crippen molar-refractivity contribution in [3.05, 3.63) is 71.4 Å². The summed E-state index contributed by atoms with van der Waals surface area (Å²) in [6.45, 7) is 3.60. The summed E-state index contributed by atoms with van der Waals surface area (Å²) in [6, 6.07) is 17.1. The molecule has 0 aliphatic carbocycles. The third-order valence-corrected chi connectivity index (χ3v) is 3.53. The van der Waals surface area contributed by atoms with Crippen molar-refractivity contribution in [1.29, 1.82) is 0 Å². The van der Waals surface area contributed by atoms with Crippen molar-refractivity contribution >= 4 is 10.9 Å². The summed E-state index contributed by atoms with van der Waals surface area (Å²) in [7, 11) is 0. The maximum absolute atomic E-state index is 5.83. The van der Waals surface area contributed by atoms with Gasteiger partial charge in [-0.25, -0.2) is 0 Å². The number of rotatable bonds is 3. The first-order valence-corrected chi connectivity index (χ1v) is 6.60. The van der Waals surface area contributed by atoms with E-state index in [2.05, 4.69) is 66.2 Å². The van der Waals surface area contributed by atoms with Crippen molar-refractivity contribution in [3.63, 3.8) is 0 Å². The minimum atomic E-state index is 0.585. The van der Waals surface area contributed by atoms with Gasteiger partial charge in [-0.1, -0.05) is 48.0 Å². The van der Waals surface area contributed by atoms with Gasteiger partial charge in [-0.2, -0.15) is 0 Å². The Morgan fingerprint density at radius 3 is 2.68 bits per heavy atom. The summed E-state index contributed by atoms with van der Waals surface area (Å²) in [5.41, 5.74) is 10.9. The number of aryl methyl sites for hydroxylation is 1. The number of aromatic nitrogens is 1. The number of fused-ring (bicyclic) bond motifs is 1. The molecule has 1 heterocycles. The van der Waals surface area contributed by atoms with Gasteiger partial charge in [0, 0.05) is 30.2 Å². The maximum Gasteiger partial charge on any atom is 0.0486 e. The third-order valence-electron chi connectivity index (χ3n) is 3.53. The number of benzene rings is 2. The molecule has 2 N–H and O–H groups in total. The fraction of sp³-hybridized carbons (Fsp3) is 0.176. The van der Waals surface area contributed by atoms with E-state index in [1.165, 1.54) is 27.6 Å². The van der Waals surface area contributed by atoms with Gasteiger partial charge in [0.1, 0.15) is 0 Å². The van der Waals surface area contributed by atoms with Gasteiger partial charge in [0.05, 0.1) is 0 Å². The quantitative estimate of drug-likeness (QED) is 0.758. The number of para-hydroxylation sites is 1. The van der Waals surface area contributed by atoms with Crippen molar-refractivity contribution in [2.24, 2.45) is 5.73 Å². The van der Waals surface area contributed by atoms with Crippen LogP contribution >= 0.6 is 0 Å². The number of hydrogen-bond acceptors (Lipinski definition) is 1.